The van der Waals surface area contributed by atoms with Crippen molar-refractivity contribution in [1.29, 1.82) is 0 Å². The fraction of sp³-hybridized carbons (Fsp3) is 0.0370. The van der Waals surface area contributed by atoms with Crippen LogP contribution in [-0.2, 0) is 19.5 Å². The smallest absolute Gasteiger partial charge is 0.744 e. The summed E-state index contributed by atoms with van der Waals surface area (Å²) in [6.07, 6.45) is 0. The average Bonchev–Trinajstić information content (AvgIpc) is 2.94. The van der Waals surface area contributed by atoms with Gasteiger partial charge >= 0.3 is 59.1 Å². The molecule has 0 aromatic heterocycles. The van der Waals surface area contributed by atoms with Gasteiger partial charge in [0.1, 0.15) is 10.1 Å². The summed E-state index contributed by atoms with van der Waals surface area (Å²) >= 11 is 0.488. The summed E-state index contributed by atoms with van der Waals surface area (Å²) < 4.78 is 40.0. The monoisotopic (exact) mass is 604 g/mol. The van der Waals surface area contributed by atoms with Gasteiger partial charge in [-0.2, -0.15) is 14.6 Å². The standard InChI is InChI=1S/C27H20N4O6S2.2Na/c1-17-6-9-19(10-7-17)28-30-25-12-13-26(23-5-3-2-4-22(23)25)31-29-20-11-8-18-14-21(38-37-36-32)16-27(24(18)15-20)39(33,34)35;;/h2-16,32H,1H3,(H,33,34,35);;/q;2*+1/p-2. The van der Waals surface area contributed by atoms with Gasteiger partial charge in [0.2, 0.25) is 0 Å². The van der Waals surface area contributed by atoms with Crippen LogP contribution in [0.3, 0.4) is 0 Å². The summed E-state index contributed by atoms with van der Waals surface area (Å²) in [5.74, 6) is 0. The number of fused-ring (bicyclic) bond motifs is 2. The van der Waals surface area contributed by atoms with E-state index in [1.807, 2.05) is 55.5 Å². The SMILES string of the molecule is Cc1ccc(N=Nc2ccc(N=Nc3ccc4cc(SOO[O-])cc(S(=O)(=O)[O-])c4c3)c3ccccc23)cc1.[Na+].[Na+]. The molecule has 0 radical (unpaired) electrons. The number of benzene rings is 5. The van der Waals surface area contributed by atoms with Gasteiger partial charge in [0, 0.05) is 21.1 Å². The maximum absolute atomic E-state index is 11.9. The maximum Gasteiger partial charge on any atom is 1.00 e. The minimum absolute atomic E-state index is 0. The van der Waals surface area contributed by atoms with Gasteiger partial charge in [-0.1, -0.05) is 48.0 Å². The van der Waals surface area contributed by atoms with Crippen LogP contribution in [-0.4, -0.2) is 13.0 Å². The number of azo groups is 2. The number of nitrogens with zero attached hydrogens (tertiary/aromatic N) is 4. The number of hydrogen-bond acceptors (Lipinski definition) is 11. The van der Waals surface area contributed by atoms with Crippen LogP contribution in [0.2, 0.25) is 0 Å². The van der Waals surface area contributed by atoms with Gasteiger partial charge in [0.15, 0.2) is 0 Å². The first-order valence-corrected chi connectivity index (χ1v) is 13.6. The molecule has 0 aliphatic heterocycles. The van der Waals surface area contributed by atoms with Crippen LogP contribution in [0, 0.1) is 6.92 Å². The third kappa shape index (κ3) is 8.29. The third-order valence-electron chi connectivity index (χ3n) is 5.76. The van der Waals surface area contributed by atoms with Crippen molar-refractivity contribution in [2.24, 2.45) is 20.5 Å². The molecule has 0 saturated carbocycles. The van der Waals surface area contributed by atoms with E-state index in [0.717, 1.165) is 28.1 Å². The molecule has 0 unspecified atom stereocenters. The Balaban J connectivity index is 0.00000231. The second kappa shape index (κ2) is 14.9. The first kappa shape index (κ1) is 33.5. The normalized spacial score (nSPS) is 11.7. The van der Waals surface area contributed by atoms with Crippen molar-refractivity contribution in [2.75, 3.05) is 0 Å². The first-order chi connectivity index (χ1) is 18.8. The Morgan fingerprint density at radius 3 is 1.88 bits per heavy atom. The Hall–Kier alpha value is -2.04. The average molecular weight is 605 g/mol. The van der Waals surface area contributed by atoms with Crippen molar-refractivity contribution in [1.82, 2.24) is 0 Å². The second-order valence-electron chi connectivity index (χ2n) is 8.39. The van der Waals surface area contributed by atoms with Gasteiger partial charge in [-0.25, -0.2) is 8.42 Å². The zero-order chi connectivity index (χ0) is 27.4. The van der Waals surface area contributed by atoms with E-state index < -0.39 is 15.0 Å². The first-order valence-electron chi connectivity index (χ1n) is 11.4. The van der Waals surface area contributed by atoms with Crippen molar-refractivity contribution >= 4 is 66.5 Å². The van der Waals surface area contributed by atoms with Crippen molar-refractivity contribution in [3.05, 3.63) is 96.6 Å². The minimum Gasteiger partial charge on any atom is -0.744 e. The molecule has 5 aromatic rings. The molecule has 0 aliphatic carbocycles. The van der Waals surface area contributed by atoms with Gasteiger partial charge in [0.25, 0.3) is 0 Å². The van der Waals surface area contributed by atoms with Gasteiger partial charge in [-0.05, 0) is 60.8 Å². The molecule has 196 valence electrons. The zero-order valence-electron chi connectivity index (χ0n) is 22.2. The molecule has 10 nitrogen and oxygen atoms in total. The molecule has 0 aliphatic rings. The van der Waals surface area contributed by atoms with E-state index in [4.69, 9.17) is 0 Å². The van der Waals surface area contributed by atoms with Crippen LogP contribution in [0.4, 0.5) is 22.7 Å². The maximum atomic E-state index is 11.9. The van der Waals surface area contributed by atoms with Crippen molar-refractivity contribution in [3.63, 3.8) is 0 Å². The predicted molar refractivity (Wildman–Crippen MR) is 143 cm³/mol. The molecular formula is C27H18N4Na2O6S2. The van der Waals surface area contributed by atoms with Crippen LogP contribution < -0.4 is 64.4 Å². The summed E-state index contributed by atoms with van der Waals surface area (Å²) in [6, 6.07) is 26.2. The molecule has 0 saturated heterocycles. The Morgan fingerprint density at radius 1 is 0.707 bits per heavy atom. The predicted octanol–water partition coefficient (Wildman–Crippen LogP) is 1.27. The third-order valence-corrected chi connectivity index (χ3v) is 7.19. The van der Waals surface area contributed by atoms with Gasteiger partial charge in [-0.3, -0.25) is 5.04 Å². The summed E-state index contributed by atoms with van der Waals surface area (Å²) in [6.45, 7) is 2.00. The van der Waals surface area contributed by atoms with E-state index in [0.29, 0.717) is 34.5 Å². The molecule has 0 fully saturated rings. The Kier molecular flexibility index (Phi) is 12.2. The largest absolute Gasteiger partial charge is 1.00 e. The van der Waals surface area contributed by atoms with Crippen molar-refractivity contribution < 1.29 is 86.7 Å². The van der Waals surface area contributed by atoms with E-state index in [1.54, 1.807) is 30.3 Å². The minimum atomic E-state index is -4.85. The summed E-state index contributed by atoms with van der Waals surface area (Å²) in [5, 5.41) is 33.1. The zero-order valence-corrected chi connectivity index (χ0v) is 27.8. The molecule has 0 atom stereocenters. The summed E-state index contributed by atoms with van der Waals surface area (Å²) in [7, 11) is -4.85. The molecule has 41 heavy (non-hydrogen) atoms. The molecule has 0 amide bonds. The van der Waals surface area contributed by atoms with E-state index in [2.05, 4.69) is 29.8 Å². The Bertz CT molecular complexity index is 1850. The second-order valence-corrected chi connectivity index (χ2v) is 10.5. The summed E-state index contributed by atoms with van der Waals surface area (Å²) in [4.78, 5) is -0.281. The van der Waals surface area contributed by atoms with Gasteiger partial charge in [-0.15, -0.1) is 10.2 Å². The van der Waals surface area contributed by atoms with Crippen LogP contribution in [0.5, 0.6) is 0 Å². The number of hydrogen-bond donors (Lipinski definition) is 0. The molecule has 5 aromatic carbocycles. The van der Waals surface area contributed by atoms with Crippen molar-refractivity contribution in [3.8, 4) is 0 Å². The Labute approximate surface area is 284 Å². The molecule has 0 spiro atoms. The number of rotatable bonds is 8. The molecule has 0 N–H and O–H groups in total. The van der Waals surface area contributed by atoms with E-state index in [-0.39, 0.29) is 69.4 Å². The molecule has 0 bridgehead atoms. The molecule has 0 heterocycles. The van der Waals surface area contributed by atoms with Crippen LogP contribution in [0.1, 0.15) is 5.56 Å². The molecule has 14 heteroatoms. The topological polar surface area (TPSA) is 148 Å². The summed E-state index contributed by atoms with van der Waals surface area (Å²) in [5.41, 5.74) is 3.44. The molecule has 5 rings (SSSR count). The van der Waals surface area contributed by atoms with Crippen LogP contribution in [0.25, 0.3) is 21.5 Å². The van der Waals surface area contributed by atoms with E-state index in [9.17, 15) is 18.2 Å². The molecular weight excluding hydrogens is 586 g/mol. The van der Waals surface area contributed by atoms with E-state index >= 15 is 0 Å². The van der Waals surface area contributed by atoms with Crippen LogP contribution in [0.15, 0.2) is 121 Å². The van der Waals surface area contributed by atoms with Crippen molar-refractivity contribution in [2.45, 2.75) is 16.7 Å². The fourth-order valence-electron chi connectivity index (χ4n) is 3.93. The fourth-order valence-corrected chi connectivity index (χ4v) is 5.17. The number of aryl methyl sites for hydroxylation is 1. The van der Waals surface area contributed by atoms with Gasteiger partial charge < -0.3 is 9.81 Å². The quantitative estimate of drug-likeness (QED) is 0.0647. The Morgan fingerprint density at radius 2 is 1.29 bits per heavy atom. The van der Waals surface area contributed by atoms with E-state index in [1.165, 1.54) is 6.07 Å². The van der Waals surface area contributed by atoms with Gasteiger partial charge in [0.05, 0.1) is 39.7 Å². The van der Waals surface area contributed by atoms with Crippen LogP contribution >= 0.6 is 12.0 Å².